The topological polar surface area (TPSA) is 20.2 Å². The van der Waals surface area contributed by atoms with Crippen LogP contribution in [0.5, 0.6) is 0 Å². The molecule has 100 valence electrons. The molecule has 0 aromatic heterocycles. The van der Waals surface area contributed by atoms with Gasteiger partial charge in [0.05, 0.1) is 10.0 Å². The fraction of sp³-hybridized carbons (Fsp3) is 0.143. The average Bonchev–Trinajstić information content (AvgIpc) is 2.34. The molecule has 0 amide bonds. The molecule has 0 aliphatic rings. The minimum Gasteiger partial charge on any atom is -0.383 e. The molecular formula is C14H10Br2F2O. The van der Waals surface area contributed by atoms with Crippen molar-refractivity contribution in [2.45, 2.75) is 13.0 Å². The molecule has 1 N–H and O–H groups in total. The van der Waals surface area contributed by atoms with E-state index in [2.05, 4.69) is 31.9 Å². The van der Waals surface area contributed by atoms with E-state index in [1.807, 2.05) is 0 Å². The predicted molar refractivity (Wildman–Crippen MR) is 77.0 cm³/mol. The number of aliphatic hydroxyl groups excluding tert-OH is 1. The normalized spacial score (nSPS) is 12.5. The molecule has 0 heterocycles. The van der Waals surface area contributed by atoms with Gasteiger partial charge in [-0.3, -0.25) is 0 Å². The first-order valence-corrected chi connectivity index (χ1v) is 7.08. The van der Waals surface area contributed by atoms with Crippen molar-refractivity contribution in [3.63, 3.8) is 0 Å². The fourth-order valence-electron chi connectivity index (χ4n) is 1.89. The van der Waals surface area contributed by atoms with Gasteiger partial charge in [-0.2, -0.15) is 0 Å². The SMILES string of the molecule is Cc1cc(Br)ccc1C(O)c1c(F)ccc(Br)c1F. The summed E-state index contributed by atoms with van der Waals surface area (Å²) in [7, 11) is 0. The standard InChI is InChI=1S/C14H10Br2F2O/c1-7-6-8(15)2-3-9(7)14(19)12-11(17)5-4-10(16)13(12)18/h2-6,14,19H,1H3. The summed E-state index contributed by atoms with van der Waals surface area (Å²) in [5.74, 6) is -1.55. The van der Waals surface area contributed by atoms with Gasteiger partial charge < -0.3 is 5.11 Å². The highest BCUT2D eigenvalue weighted by Crippen LogP contribution is 2.32. The third kappa shape index (κ3) is 2.88. The zero-order chi connectivity index (χ0) is 14.2. The van der Waals surface area contributed by atoms with Crippen molar-refractivity contribution >= 4 is 31.9 Å². The fourth-order valence-corrected chi connectivity index (χ4v) is 2.72. The molecule has 0 fully saturated rings. The van der Waals surface area contributed by atoms with E-state index in [1.165, 1.54) is 6.07 Å². The maximum absolute atomic E-state index is 14.0. The Labute approximate surface area is 126 Å². The molecule has 1 atom stereocenters. The number of hydrogen-bond donors (Lipinski definition) is 1. The number of hydrogen-bond acceptors (Lipinski definition) is 1. The Kier molecular flexibility index (Phi) is 4.38. The molecule has 0 bridgehead atoms. The van der Waals surface area contributed by atoms with Crippen LogP contribution in [0.4, 0.5) is 8.78 Å². The number of halogens is 4. The lowest BCUT2D eigenvalue weighted by Gasteiger charge is -2.16. The van der Waals surface area contributed by atoms with Crippen LogP contribution in [0.2, 0.25) is 0 Å². The molecular weight excluding hydrogens is 382 g/mol. The first-order valence-electron chi connectivity index (χ1n) is 5.49. The van der Waals surface area contributed by atoms with Gasteiger partial charge in [0.2, 0.25) is 0 Å². The zero-order valence-corrected chi connectivity index (χ0v) is 13.1. The summed E-state index contributed by atoms with van der Waals surface area (Å²) in [6, 6.07) is 7.55. The van der Waals surface area contributed by atoms with Crippen LogP contribution in [-0.2, 0) is 0 Å². The van der Waals surface area contributed by atoms with Crippen molar-refractivity contribution in [1.29, 1.82) is 0 Å². The summed E-state index contributed by atoms with van der Waals surface area (Å²) >= 11 is 6.30. The Morgan fingerprint density at radius 3 is 2.42 bits per heavy atom. The third-order valence-corrected chi connectivity index (χ3v) is 3.99. The molecule has 0 spiro atoms. The van der Waals surface area contributed by atoms with Crippen molar-refractivity contribution in [3.8, 4) is 0 Å². The predicted octanol–water partition coefficient (Wildman–Crippen LogP) is 4.88. The van der Waals surface area contributed by atoms with Crippen LogP contribution in [-0.4, -0.2) is 5.11 Å². The first-order chi connectivity index (χ1) is 8.91. The minimum atomic E-state index is -1.34. The van der Waals surface area contributed by atoms with Crippen LogP contribution < -0.4 is 0 Å². The van der Waals surface area contributed by atoms with Crippen molar-refractivity contribution in [3.05, 3.63) is 67.6 Å². The van der Waals surface area contributed by atoms with Gasteiger partial charge >= 0.3 is 0 Å². The highest BCUT2D eigenvalue weighted by atomic mass is 79.9. The summed E-state index contributed by atoms with van der Waals surface area (Å²) in [4.78, 5) is 0. The van der Waals surface area contributed by atoms with Crippen molar-refractivity contribution in [1.82, 2.24) is 0 Å². The molecule has 2 aromatic rings. The summed E-state index contributed by atoms with van der Waals surface area (Å²) in [5, 5.41) is 10.2. The highest BCUT2D eigenvalue weighted by Gasteiger charge is 2.22. The van der Waals surface area contributed by atoms with Crippen molar-refractivity contribution in [2.75, 3.05) is 0 Å². The number of aryl methyl sites for hydroxylation is 1. The van der Waals surface area contributed by atoms with Crippen LogP contribution in [0.25, 0.3) is 0 Å². The summed E-state index contributed by atoms with van der Waals surface area (Å²) in [6.07, 6.45) is -1.34. The van der Waals surface area contributed by atoms with Crippen LogP contribution >= 0.6 is 31.9 Å². The molecule has 19 heavy (non-hydrogen) atoms. The van der Waals surface area contributed by atoms with E-state index in [9.17, 15) is 13.9 Å². The second-order valence-corrected chi connectivity index (χ2v) is 5.93. The van der Waals surface area contributed by atoms with E-state index in [0.29, 0.717) is 5.56 Å². The Hall–Kier alpha value is -0.780. The second kappa shape index (κ2) is 5.69. The van der Waals surface area contributed by atoms with E-state index >= 15 is 0 Å². The van der Waals surface area contributed by atoms with Gasteiger partial charge in [0.1, 0.15) is 17.7 Å². The molecule has 1 nitrogen and oxygen atoms in total. The molecule has 5 heteroatoms. The first kappa shape index (κ1) is 14.6. The van der Waals surface area contributed by atoms with E-state index in [1.54, 1.807) is 25.1 Å². The largest absolute Gasteiger partial charge is 0.383 e. The summed E-state index contributed by atoms with van der Waals surface area (Å²) < 4.78 is 28.7. The number of rotatable bonds is 2. The Morgan fingerprint density at radius 2 is 1.79 bits per heavy atom. The molecule has 0 saturated heterocycles. The maximum atomic E-state index is 14.0. The van der Waals surface area contributed by atoms with E-state index < -0.39 is 17.7 Å². The second-order valence-electron chi connectivity index (χ2n) is 4.16. The molecule has 0 radical (unpaired) electrons. The minimum absolute atomic E-state index is 0.123. The zero-order valence-electron chi connectivity index (χ0n) is 9.92. The maximum Gasteiger partial charge on any atom is 0.146 e. The van der Waals surface area contributed by atoms with Crippen LogP contribution in [0.1, 0.15) is 22.8 Å². The van der Waals surface area contributed by atoms with Gasteiger partial charge in [0, 0.05) is 4.47 Å². The van der Waals surface area contributed by atoms with E-state index in [-0.39, 0.29) is 10.0 Å². The van der Waals surface area contributed by atoms with Gasteiger partial charge in [-0.15, -0.1) is 0 Å². The molecule has 0 aliphatic heterocycles. The Morgan fingerprint density at radius 1 is 1.11 bits per heavy atom. The number of aliphatic hydroxyl groups is 1. The third-order valence-electron chi connectivity index (χ3n) is 2.88. The van der Waals surface area contributed by atoms with Crippen molar-refractivity contribution in [2.24, 2.45) is 0 Å². The molecule has 2 rings (SSSR count). The molecule has 2 aromatic carbocycles. The van der Waals surface area contributed by atoms with Crippen LogP contribution in [0, 0.1) is 18.6 Å². The van der Waals surface area contributed by atoms with E-state index in [0.717, 1.165) is 16.1 Å². The van der Waals surface area contributed by atoms with Gasteiger partial charge in [0.15, 0.2) is 0 Å². The summed E-state index contributed by atoms with van der Waals surface area (Å²) in [5.41, 5.74) is 0.875. The molecule has 0 aliphatic carbocycles. The average molecular weight is 392 g/mol. The van der Waals surface area contributed by atoms with Gasteiger partial charge in [-0.1, -0.05) is 22.0 Å². The number of benzene rings is 2. The van der Waals surface area contributed by atoms with Crippen LogP contribution in [0.3, 0.4) is 0 Å². The Bertz CT molecular complexity index is 629. The van der Waals surface area contributed by atoms with Gasteiger partial charge in [-0.05, 0) is 58.2 Å². The monoisotopic (exact) mass is 390 g/mol. The lowest BCUT2D eigenvalue weighted by molar-refractivity contribution is 0.208. The lowest BCUT2D eigenvalue weighted by Crippen LogP contribution is -2.08. The quantitative estimate of drug-likeness (QED) is 0.723. The van der Waals surface area contributed by atoms with Gasteiger partial charge in [0.25, 0.3) is 0 Å². The highest BCUT2D eigenvalue weighted by molar-refractivity contribution is 9.10. The summed E-state index contributed by atoms with van der Waals surface area (Å²) in [6.45, 7) is 1.77. The lowest BCUT2D eigenvalue weighted by atomic mass is 9.97. The Balaban J connectivity index is 2.56. The van der Waals surface area contributed by atoms with Crippen molar-refractivity contribution < 1.29 is 13.9 Å². The van der Waals surface area contributed by atoms with Gasteiger partial charge in [-0.25, -0.2) is 8.78 Å². The molecule has 1 unspecified atom stereocenters. The van der Waals surface area contributed by atoms with E-state index in [4.69, 9.17) is 0 Å². The molecule has 0 saturated carbocycles. The van der Waals surface area contributed by atoms with Crippen LogP contribution in [0.15, 0.2) is 39.3 Å². The smallest absolute Gasteiger partial charge is 0.146 e.